The molecule has 2 saturated heterocycles. The first kappa shape index (κ1) is 22.8. The Morgan fingerprint density at radius 2 is 1.59 bits per heavy atom. The first-order chi connectivity index (χ1) is 16.3. The van der Waals surface area contributed by atoms with Crippen molar-refractivity contribution >= 4 is 15.9 Å². The third kappa shape index (κ3) is 4.15. The average molecular weight is 476 g/mol. The third-order valence-corrected chi connectivity index (χ3v) is 8.73. The maximum atomic E-state index is 13.2. The predicted molar refractivity (Wildman–Crippen MR) is 134 cm³/mol. The van der Waals surface area contributed by atoms with Gasteiger partial charge in [0, 0.05) is 50.7 Å². The lowest BCUT2D eigenvalue weighted by Crippen LogP contribution is -2.73. The zero-order valence-corrected chi connectivity index (χ0v) is 20.2. The van der Waals surface area contributed by atoms with Crippen LogP contribution in [0.15, 0.2) is 78.9 Å². The minimum atomic E-state index is -3.39. The highest BCUT2D eigenvalue weighted by Gasteiger charge is 2.56. The summed E-state index contributed by atoms with van der Waals surface area (Å²) in [6.45, 7) is 1.32. The van der Waals surface area contributed by atoms with Gasteiger partial charge in [-0.15, -0.1) is 0 Å². The molecule has 2 heterocycles. The van der Waals surface area contributed by atoms with Crippen LogP contribution < -0.4 is 5.32 Å². The van der Waals surface area contributed by atoms with E-state index in [1.807, 2.05) is 54.6 Å². The van der Waals surface area contributed by atoms with Gasteiger partial charge in [-0.3, -0.25) is 4.79 Å². The molecule has 3 atom stereocenters. The van der Waals surface area contributed by atoms with Crippen LogP contribution in [0.1, 0.15) is 27.4 Å². The van der Waals surface area contributed by atoms with Crippen molar-refractivity contribution in [2.24, 2.45) is 0 Å². The van der Waals surface area contributed by atoms with Gasteiger partial charge in [-0.1, -0.05) is 66.7 Å². The molecular formula is C27H29N3O3S. The van der Waals surface area contributed by atoms with Crippen LogP contribution in [0, 0.1) is 0 Å². The predicted octanol–water partition coefficient (Wildman–Crippen LogP) is 3.33. The fourth-order valence-electron chi connectivity index (χ4n) is 5.23. The van der Waals surface area contributed by atoms with E-state index in [0.717, 1.165) is 22.3 Å². The Bertz CT molecular complexity index is 1280. The lowest BCUT2D eigenvalue weighted by Gasteiger charge is -2.58. The van der Waals surface area contributed by atoms with Gasteiger partial charge in [0.15, 0.2) is 0 Å². The highest BCUT2D eigenvalue weighted by atomic mass is 32.2. The van der Waals surface area contributed by atoms with Gasteiger partial charge in [-0.2, -0.15) is 4.31 Å². The van der Waals surface area contributed by atoms with Gasteiger partial charge in [0.2, 0.25) is 10.0 Å². The minimum absolute atomic E-state index is 0.0231. The van der Waals surface area contributed by atoms with Crippen LogP contribution in [0.25, 0.3) is 11.1 Å². The number of piperazine rings is 1. The molecule has 2 aliphatic heterocycles. The van der Waals surface area contributed by atoms with Crippen molar-refractivity contribution in [1.29, 1.82) is 0 Å². The number of sulfonamides is 1. The highest BCUT2D eigenvalue weighted by molar-refractivity contribution is 7.88. The van der Waals surface area contributed by atoms with Gasteiger partial charge in [0.25, 0.3) is 5.91 Å². The first-order valence-electron chi connectivity index (χ1n) is 11.5. The number of hydrogen-bond acceptors (Lipinski definition) is 4. The monoisotopic (exact) mass is 475 g/mol. The summed E-state index contributed by atoms with van der Waals surface area (Å²) in [6.07, 6.45) is 0. The van der Waals surface area contributed by atoms with E-state index in [2.05, 4.69) is 29.6 Å². The third-order valence-electron chi connectivity index (χ3n) is 6.85. The van der Waals surface area contributed by atoms with Crippen LogP contribution in [0.5, 0.6) is 0 Å². The van der Waals surface area contributed by atoms with Crippen molar-refractivity contribution in [3.05, 3.63) is 95.6 Å². The standard InChI is InChI=1S/C27H29N3O3S/c1-29(2)27(31)23-10-6-9-22(15-23)20-11-13-21(14-12-20)26-24-16-28-17-25(26)30(24)34(32,33)18-19-7-4-3-5-8-19/h3-15,24-26,28H,16-18H2,1-2H3/t24-,25+,26?. The van der Waals surface area contributed by atoms with Crippen molar-refractivity contribution in [2.75, 3.05) is 27.2 Å². The van der Waals surface area contributed by atoms with E-state index in [0.29, 0.717) is 18.7 Å². The molecule has 34 heavy (non-hydrogen) atoms. The molecule has 0 aromatic heterocycles. The molecule has 0 spiro atoms. The Labute approximate surface area is 201 Å². The molecular weight excluding hydrogens is 446 g/mol. The van der Waals surface area contributed by atoms with Crippen LogP contribution in [0.2, 0.25) is 0 Å². The Kier molecular flexibility index (Phi) is 6.02. The summed E-state index contributed by atoms with van der Waals surface area (Å²) >= 11 is 0. The molecule has 3 aromatic rings. The highest BCUT2D eigenvalue weighted by Crippen LogP contribution is 2.45. The zero-order chi connectivity index (χ0) is 23.9. The molecule has 5 rings (SSSR count). The lowest BCUT2D eigenvalue weighted by molar-refractivity contribution is 0.0369. The van der Waals surface area contributed by atoms with Crippen LogP contribution in [0.3, 0.4) is 0 Å². The Morgan fingerprint density at radius 1 is 0.912 bits per heavy atom. The Morgan fingerprint density at radius 3 is 2.24 bits per heavy atom. The molecule has 2 bridgehead atoms. The summed E-state index contributed by atoms with van der Waals surface area (Å²) < 4.78 is 28.2. The first-order valence-corrected chi connectivity index (χ1v) is 13.1. The molecule has 3 aromatic carbocycles. The van der Waals surface area contributed by atoms with Crippen LogP contribution in [-0.4, -0.2) is 62.8 Å². The Balaban J connectivity index is 1.35. The van der Waals surface area contributed by atoms with Gasteiger partial charge >= 0.3 is 0 Å². The molecule has 2 aliphatic rings. The van der Waals surface area contributed by atoms with Crippen molar-refractivity contribution in [3.8, 4) is 11.1 Å². The quantitative estimate of drug-likeness (QED) is 0.594. The second-order valence-electron chi connectivity index (χ2n) is 9.29. The molecule has 0 saturated carbocycles. The van der Waals surface area contributed by atoms with E-state index in [9.17, 15) is 13.2 Å². The van der Waals surface area contributed by atoms with E-state index in [1.54, 1.807) is 23.3 Å². The van der Waals surface area contributed by atoms with Gasteiger partial charge < -0.3 is 10.2 Å². The fourth-order valence-corrected chi connectivity index (χ4v) is 7.23. The molecule has 7 heteroatoms. The number of nitrogens with one attached hydrogen (secondary N) is 1. The van der Waals surface area contributed by atoms with E-state index < -0.39 is 10.0 Å². The smallest absolute Gasteiger partial charge is 0.253 e. The number of hydrogen-bond donors (Lipinski definition) is 1. The maximum Gasteiger partial charge on any atom is 0.253 e. The van der Waals surface area contributed by atoms with Crippen molar-refractivity contribution in [1.82, 2.24) is 14.5 Å². The summed E-state index contributed by atoms with van der Waals surface area (Å²) in [5.41, 5.74) is 4.66. The van der Waals surface area contributed by atoms with Crippen LogP contribution in [-0.2, 0) is 15.8 Å². The summed E-state index contributed by atoms with van der Waals surface area (Å²) in [6, 6.07) is 25.2. The molecule has 176 valence electrons. The SMILES string of the molecule is CN(C)C(=O)c1cccc(-c2ccc(C3[C@H]4CNC[C@@H]3N4S(=O)(=O)Cc3ccccc3)cc2)c1. The molecule has 0 aliphatic carbocycles. The topological polar surface area (TPSA) is 69.7 Å². The molecule has 1 unspecified atom stereocenters. The number of piperidine rings is 1. The number of fused-ring (bicyclic) bond motifs is 2. The number of carbonyl (C=O) groups excluding carboxylic acids is 1. The van der Waals surface area contributed by atoms with E-state index in [-0.39, 0.29) is 29.7 Å². The molecule has 0 radical (unpaired) electrons. The molecule has 6 nitrogen and oxygen atoms in total. The van der Waals surface area contributed by atoms with Crippen molar-refractivity contribution in [3.63, 3.8) is 0 Å². The summed E-state index contributed by atoms with van der Waals surface area (Å²) in [5, 5.41) is 3.37. The largest absolute Gasteiger partial charge is 0.345 e. The summed E-state index contributed by atoms with van der Waals surface area (Å²) in [7, 11) is 0.105. The minimum Gasteiger partial charge on any atom is -0.345 e. The van der Waals surface area contributed by atoms with Gasteiger partial charge in [0.05, 0.1) is 5.75 Å². The maximum absolute atomic E-state index is 13.2. The second-order valence-corrected chi connectivity index (χ2v) is 11.2. The fraction of sp³-hybridized carbons (Fsp3) is 0.296. The lowest BCUT2D eigenvalue weighted by atomic mass is 9.74. The van der Waals surface area contributed by atoms with Crippen molar-refractivity contribution < 1.29 is 13.2 Å². The van der Waals surface area contributed by atoms with Crippen LogP contribution in [0.4, 0.5) is 0 Å². The van der Waals surface area contributed by atoms with Gasteiger partial charge in [-0.05, 0) is 34.4 Å². The average Bonchev–Trinajstić information content (AvgIpc) is 2.84. The molecule has 1 amide bonds. The van der Waals surface area contributed by atoms with E-state index in [4.69, 9.17) is 0 Å². The molecule has 2 fully saturated rings. The van der Waals surface area contributed by atoms with Gasteiger partial charge in [0.1, 0.15) is 0 Å². The number of carbonyl (C=O) groups is 1. The van der Waals surface area contributed by atoms with Crippen LogP contribution >= 0.6 is 0 Å². The number of benzene rings is 3. The zero-order valence-electron chi connectivity index (χ0n) is 19.4. The van der Waals surface area contributed by atoms with Crippen molar-refractivity contribution in [2.45, 2.75) is 23.8 Å². The van der Waals surface area contributed by atoms with Gasteiger partial charge in [-0.25, -0.2) is 8.42 Å². The Hall–Kier alpha value is -3.00. The number of amides is 1. The number of nitrogens with zero attached hydrogens (tertiary/aromatic N) is 2. The van der Waals surface area contributed by atoms with E-state index in [1.165, 1.54) is 0 Å². The number of rotatable bonds is 6. The summed E-state index contributed by atoms with van der Waals surface area (Å²) in [5.74, 6) is 0.196. The summed E-state index contributed by atoms with van der Waals surface area (Å²) in [4.78, 5) is 13.9. The normalized spacial score (nSPS) is 22.1. The van der Waals surface area contributed by atoms with E-state index >= 15 is 0 Å². The molecule has 1 N–H and O–H groups in total. The second kappa shape index (κ2) is 8.98.